The molecule has 3 aromatic rings. The van der Waals surface area contributed by atoms with Gasteiger partial charge in [0.2, 0.25) is 0 Å². The third-order valence-corrected chi connectivity index (χ3v) is 4.08. The molecule has 1 amide bonds. The molecule has 0 saturated carbocycles. The largest absolute Gasteiger partial charge is 0.451 e. The smallest absolute Gasteiger partial charge is 0.418 e. The topological polar surface area (TPSA) is 42.2 Å². The van der Waals surface area contributed by atoms with Gasteiger partial charge in [0.05, 0.1) is 11.3 Å². The molecule has 2 aromatic carbocycles. The summed E-state index contributed by atoms with van der Waals surface area (Å²) >= 11 is 3.30. The lowest BCUT2D eigenvalue weighted by atomic mass is 10.1. The van der Waals surface area contributed by atoms with Gasteiger partial charge in [0, 0.05) is 15.4 Å². The van der Waals surface area contributed by atoms with Crippen molar-refractivity contribution in [2.45, 2.75) is 13.1 Å². The number of alkyl halides is 3. The number of amides is 1. The number of hydrogen-bond acceptors (Lipinski definition) is 2. The van der Waals surface area contributed by atoms with E-state index < -0.39 is 17.6 Å². The van der Waals surface area contributed by atoms with Gasteiger partial charge in [-0.2, -0.15) is 13.2 Å². The van der Waals surface area contributed by atoms with Gasteiger partial charge in [0.1, 0.15) is 5.58 Å². The Balaban J connectivity index is 1.98. The Morgan fingerprint density at radius 2 is 1.88 bits per heavy atom. The number of anilines is 1. The summed E-state index contributed by atoms with van der Waals surface area (Å²) in [6.07, 6.45) is -4.56. The third-order valence-electron chi connectivity index (χ3n) is 3.59. The second-order valence-electron chi connectivity index (χ2n) is 5.19. The first-order valence-electron chi connectivity index (χ1n) is 6.93. The summed E-state index contributed by atoms with van der Waals surface area (Å²) in [5.41, 5.74) is -0.165. The zero-order chi connectivity index (χ0) is 17.5. The molecule has 7 heteroatoms. The van der Waals surface area contributed by atoms with Gasteiger partial charge >= 0.3 is 6.18 Å². The minimum absolute atomic E-state index is 0.0138. The van der Waals surface area contributed by atoms with Crippen LogP contribution in [0.2, 0.25) is 0 Å². The summed E-state index contributed by atoms with van der Waals surface area (Å²) in [5.74, 6) is -0.739. The van der Waals surface area contributed by atoms with Gasteiger partial charge in [-0.3, -0.25) is 4.79 Å². The fourth-order valence-corrected chi connectivity index (χ4v) is 2.77. The van der Waals surface area contributed by atoms with Crippen LogP contribution in [0.15, 0.2) is 51.4 Å². The van der Waals surface area contributed by atoms with Crippen molar-refractivity contribution in [3.8, 4) is 0 Å². The second-order valence-corrected chi connectivity index (χ2v) is 6.11. The van der Waals surface area contributed by atoms with Gasteiger partial charge in [-0.1, -0.05) is 28.1 Å². The Kier molecular flexibility index (Phi) is 4.13. The number of carbonyl (C=O) groups excluding carboxylic acids is 1. The number of rotatable bonds is 2. The fraction of sp³-hybridized carbons (Fsp3) is 0.118. The monoisotopic (exact) mass is 397 g/mol. The first-order valence-corrected chi connectivity index (χ1v) is 7.73. The molecule has 3 rings (SSSR count). The minimum atomic E-state index is -4.56. The molecule has 0 aliphatic rings. The van der Waals surface area contributed by atoms with Gasteiger partial charge < -0.3 is 9.73 Å². The SMILES string of the molecule is Cc1c(C(=O)Nc2ccccc2C(F)(F)F)oc2cc(Br)ccc12. The summed E-state index contributed by atoms with van der Waals surface area (Å²) in [7, 11) is 0. The van der Waals surface area contributed by atoms with Crippen molar-refractivity contribution in [3.63, 3.8) is 0 Å². The number of aryl methyl sites for hydroxylation is 1. The van der Waals surface area contributed by atoms with Crippen LogP contribution in [0.4, 0.5) is 18.9 Å². The molecule has 0 spiro atoms. The number of fused-ring (bicyclic) bond motifs is 1. The zero-order valence-corrected chi connectivity index (χ0v) is 14.0. The van der Waals surface area contributed by atoms with E-state index in [-0.39, 0.29) is 11.4 Å². The highest BCUT2D eigenvalue weighted by Gasteiger charge is 2.34. The van der Waals surface area contributed by atoms with E-state index in [1.807, 2.05) is 0 Å². The number of nitrogens with one attached hydrogen (secondary N) is 1. The van der Waals surface area contributed by atoms with E-state index in [9.17, 15) is 18.0 Å². The summed E-state index contributed by atoms with van der Waals surface area (Å²) in [5, 5.41) is 3.01. The fourth-order valence-electron chi connectivity index (χ4n) is 2.43. The third kappa shape index (κ3) is 3.03. The number of halogens is 4. The molecule has 0 radical (unpaired) electrons. The quantitative estimate of drug-likeness (QED) is 0.595. The molecular formula is C17H11BrF3NO2. The van der Waals surface area contributed by atoms with Crippen LogP contribution in [0.5, 0.6) is 0 Å². The summed E-state index contributed by atoms with van der Waals surface area (Å²) in [4.78, 5) is 12.4. The van der Waals surface area contributed by atoms with E-state index in [2.05, 4.69) is 21.2 Å². The van der Waals surface area contributed by atoms with Gasteiger partial charge in [-0.15, -0.1) is 0 Å². The highest BCUT2D eigenvalue weighted by atomic mass is 79.9. The molecule has 0 fully saturated rings. The number of hydrogen-bond donors (Lipinski definition) is 1. The summed E-state index contributed by atoms with van der Waals surface area (Å²) in [6, 6.07) is 10.1. The standard InChI is InChI=1S/C17H11BrF3NO2/c1-9-11-7-6-10(18)8-14(11)24-15(9)16(23)22-13-5-3-2-4-12(13)17(19,20)21/h2-8H,1H3,(H,22,23). The van der Waals surface area contributed by atoms with E-state index in [1.165, 1.54) is 18.2 Å². The van der Waals surface area contributed by atoms with E-state index >= 15 is 0 Å². The van der Waals surface area contributed by atoms with Gasteiger partial charge in [0.25, 0.3) is 5.91 Å². The molecule has 1 aromatic heterocycles. The number of carbonyl (C=O) groups is 1. The second kappa shape index (κ2) is 5.98. The Hall–Kier alpha value is -2.28. The van der Waals surface area contributed by atoms with Crippen LogP contribution >= 0.6 is 15.9 Å². The van der Waals surface area contributed by atoms with Crippen LogP contribution in [0, 0.1) is 6.92 Å². The molecule has 3 nitrogen and oxygen atoms in total. The lowest BCUT2D eigenvalue weighted by Crippen LogP contribution is -2.16. The average molecular weight is 398 g/mol. The van der Waals surface area contributed by atoms with Crippen molar-refractivity contribution in [3.05, 3.63) is 63.8 Å². The van der Waals surface area contributed by atoms with Crippen LogP contribution in [-0.4, -0.2) is 5.91 Å². The molecule has 1 N–H and O–H groups in total. The van der Waals surface area contributed by atoms with E-state index in [0.29, 0.717) is 11.1 Å². The molecule has 0 atom stereocenters. The Bertz CT molecular complexity index is 931. The van der Waals surface area contributed by atoms with Crippen LogP contribution in [0.1, 0.15) is 21.7 Å². The lowest BCUT2D eigenvalue weighted by Gasteiger charge is -2.12. The van der Waals surface area contributed by atoms with Gasteiger partial charge in [-0.25, -0.2) is 0 Å². The van der Waals surface area contributed by atoms with E-state index in [4.69, 9.17) is 4.42 Å². The van der Waals surface area contributed by atoms with Crippen molar-refractivity contribution < 1.29 is 22.4 Å². The molecule has 24 heavy (non-hydrogen) atoms. The van der Waals surface area contributed by atoms with Crippen molar-refractivity contribution in [1.82, 2.24) is 0 Å². The number of furan rings is 1. The molecule has 0 bridgehead atoms. The van der Waals surface area contributed by atoms with Crippen LogP contribution < -0.4 is 5.32 Å². The molecule has 0 aliphatic heterocycles. The Labute approximate surface area is 143 Å². The van der Waals surface area contributed by atoms with Crippen LogP contribution in [-0.2, 0) is 6.18 Å². The highest BCUT2D eigenvalue weighted by molar-refractivity contribution is 9.10. The summed E-state index contributed by atoms with van der Waals surface area (Å²) in [6.45, 7) is 1.68. The summed E-state index contributed by atoms with van der Waals surface area (Å²) < 4.78 is 45.3. The van der Waals surface area contributed by atoms with Gasteiger partial charge in [-0.05, 0) is 37.3 Å². The maximum absolute atomic E-state index is 13.0. The lowest BCUT2D eigenvalue weighted by molar-refractivity contribution is -0.136. The number of benzene rings is 2. The van der Waals surface area contributed by atoms with E-state index in [0.717, 1.165) is 15.9 Å². The van der Waals surface area contributed by atoms with Crippen LogP contribution in [0.3, 0.4) is 0 Å². The normalized spacial score (nSPS) is 11.7. The van der Waals surface area contributed by atoms with Crippen molar-refractivity contribution in [2.75, 3.05) is 5.32 Å². The molecule has 124 valence electrons. The van der Waals surface area contributed by atoms with E-state index in [1.54, 1.807) is 25.1 Å². The predicted octanol–water partition coefficient (Wildman–Crippen LogP) is 5.77. The van der Waals surface area contributed by atoms with Crippen LogP contribution in [0.25, 0.3) is 11.0 Å². The molecule has 0 saturated heterocycles. The maximum Gasteiger partial charge on any atom is 0.418 e. The van der Waals surface area contributed by atoms with Crippen molar-refractivity contribution >= 4 is 38.5 Å². The number of para-hydroxylation sites is 1. The molecule has 1 heterocycles. The Morgan fingerprint density at radius 1 is 1.17 bits per heavy atom. The predicted molar refractivity (Wildman–Crippen MR) is 88.0 cm³/mol. The van der Waals surface area contributed by atoms with Gasteiger partial charge in [0.15, 0.2) is 5.76 Å². The first-order chi connectivity index (χ1) is 11.3. The zero-order valence-electron chi connectivity index (χ0n) is 12.4. The highest BCUT2D eigenvalue weighted by Crippen LogP contribution is 2.35. The minimum Gasteiger partial charge on any atom is -0.451 e. The average Bonchev–Trinajstić information content (AvgIpc) is 2.83. The van der Waals surface area contributed by atoms with Crippen molar-refractivity contribution in [1.29, 1.82) is 0 Å². The molecule has 0 unspecified atom stereocenters. The maximum atomic E-state index is 13.0. The molecule has 0 aliphatic carbocycles. The first kappa shape index (κ1) is 16.6. The van der Waals surface area contributed by atoms with Crippen molar-refractivity contribution in [2.24, 2.45) is 0 Å². The Morgan fingerprint density at radius 3 is 2.58 bits per heavy atom. The molecular weight excluding hydrogens is 387 g/mol.